The number of ether oxygens (including phenoxy) is 1. The van der Waals surface area contributed by atoms with Crippen LogP contribution in [0.3, 0.4) is 0 Å². The first-order valence-electron chi connectivity index (χ1n) is 7.42. The van der Waals surface area contributed by atoms with Crippen molar-refractivity contribution in [3.8, 4) is 0 Å². The van der Waals surface area contributed by atoms with Gasteiger partial charge in [-0.05, 0) is 46.0 Å². The fraction of sp³-hybridized carbons (Fsp3) is 0.857. The Morgan fingerprint density at radius 2 is 2.32 bits per heavy atom. The monoisotopic (exact) mass is 266 g/mol. The minimum absolute atomic E-state index is 0.146. The molecular weight excluding hydrogens is 240 g/mol. The van der Waals surface area contributed by atoms with Crippen molar-refractivity contribution in [2.45, 2.75) is 70.6 Å². The third-order valence-corrected chi connectivity index (χ3v) is 3.71. The molecule has 0 radical (unpaired) electrons. The molecule has 1 fully saturated rings. The first-order valence-corrected chi connectivity index (χ1v) is 7.42. The van der Waals surface area contributed by atoms with Crippen molar-refractivity contribution in [2.24, 2.45) is 5.73 Å². The molecule has 2 unspecified atom stereocenters. The van der Waals surface area contributed by atoms with E-state index in [0.29, 0.717) is 12.1 Å². The van der Waals surface area contributed by atoms with Crippen molar-refractivity contribution in [2.75, 3.05) is 6.61 Å². The molecule has 1 aliphatic rings. The third kappa shape index (κ3) is 4.28. The highest BCUT2D eigenvalue weighted by Gasteiger charge is 2.17. The van der Waals surface area contributed by atoms with Gasteiger partial charge in [0.05, 0.1) is 6.10 Å². The van der Waals surface area contributed by atoms with E-state index in [9.17, 15) is 0 Å². The van der Waals surface area contributed by atoms with Gasteiger partial charge in [0, 0.05) is 25.1 Å². The van der Waals surface area contributed by atoms with Crippen LogP contribution >= 0.6 is 0 Å². The number of nitrogens with zero attached hydrogens (tertiary/aromatic N) is 3. The number of hydrogen-bond acceptors (Lipinski definition) is 4. The average Bonchev–Trinajstić information content (AvgIpc) is 2.86. The Kier molecular flexibility index (Phi) is 5.34. The van der Waals surface area contributed by atoms with Crippen LogP contribution in [0.2, 0.25) is 0 Å². The van der Waals surface area contributed by atoms with Gasteiger partial charge in [-0.2, -0.15) is 5.10 Å². The van der Waals surface area contributed by atoms with Gasteiger partial charge in [0.15, 0.2) is 0 Å². The van der Waals surface area contributed by atoms with Crippen LogP contribution in [0.5, 0.6) is 0 Å². The van der Waals surface area contributed by atoms with Crippen LogP contribution in [0.25, 0.3) is 0 Å². The lowest BCUT2D eigenvalue weighted by molar-refractivity contribution is 0.00911. The summed E-state index contributed by atoms with van der Waals surface area (Å²) in [6, 6.07) is 0.485. The molecule has 2 heterocycles. The highest BCUT2D eigenvalue weighted by molar-refractivity contribution is 4.90. The normalized spacial score (nSPS) is 21.8. The highest BCUT2D eigenvalue weighted by Crippen LogP contribution is 2.18. The van der Waals surface area contributed by atoms with Crippen LogP contribution in [0.4, 0.5) is 0 Å². The van der Waals surface area contributed by atoms with E-state index in [2.05, 4.69) is 23.9 Å². The summed E-state index contributed by atoms with van der Waals surface area (Å²) in [5.41, 5.74) is 6.21. The van der Waals surface area contributed by atoms with E-state index in [1.165, 1.54) is 19.3 Å². The lowest BCUT2D eigenvalue weighted by Crippen LogP contribution is -2.28. The van der Waals surface area contributed by atoms with Crippen LogP contribution < -0.4 is 5.73 Å². The molecule has 108 valence electrons. The van der Waals surface area contributed by atoms with Crippen molar-refractivity contribution in [3.63, 3.8) is 0 Å². The second kappa shape index (κ2) is 7.01. The lowest BCUT2D eigenvalue weighted by Gasteiger charge is -2.23. The summed E-state index contributed by atoms with van der Waals surface area (Å²) in [4.78, 5) is 4.31. The van der Waals surface area contributed by atoms with Crippen LogP contribution in [-0.2, 0) is 11.2 Å². The molecule has 1 aromatic heterocycles. The standard InChI is InChI=1S/C14H26N4O/c1-11(2)18-14(16-10-17-18)9-12(15)6-7-13-5-3-4-8-19-13/h10-13H,3-9,15H2,1-2H3. The minimum atomic E-state index is 0.146. The van der Waals surface area contributed by atoms with Crippen molar-refractivity contribution < 1.29 is 4.74 Å². The first-order chi connectivity index (χ1) is 9.16. The quantitative estimate of drug-likeness (QED) is 0.856. The smallest absolute Gasteiger partial charge is 0.138 e. The van der Waals surface area contributed by atoms with Crippen molar-refractivity contribution in [3.05, 3.63) is 12.2 Å². The zero-order valence-corrected chi connectivity index (χ0v) is 12.1. The zero-order valence-electron chi connectivity index (χ0n) is 12.1. The van der Waals surface area contributed by atoms with E-state index in [-0.39, 0.29) is 6.04 Å². The van der Waals surface area contributed by atoms with Crippen molar-refractivity contribution >= 4 is 0 Å². The second-order valence-electron chi connectivity index (χ2n) is 5.74. The summed E-state index contributed by atoms with van der Waals surface area (Å²) >= 11 is 0. The van der Waals surface area contributed by atoms with Crippen molar-refractivity contribution in [1.29, 1.82) is 0 Å². The van der Waals surface area contributed by atoms with E-state index in [4.69, 9.17) is 10.5 Å². The maximum atomic E-state index is 6.21. The molecule has 2 N–H and O–H groups in total. The fourth-order valence-electron chi connectivity index (χ4n) is 2.62. The van der Waals surface area contributed by atoms with Gasteiger partial charge in [-0.1, -0.05) is 0 Å². The third-order valence-electron chi connectivity index (χ3n) is 3.71. The molecule has 0 saturated carbocycles. The molecule has 0 aromatic carbocycles. The highest BCUT2D eigenvalue weighted by atomic mass is 16.5. The minimum Gasteiger partial charge on any atom is -0.378 e. The van der Waals surface area contributed by atoms with Gasteiger partial charge in [0.2, 0.25) is 0 Å². The van der Waals surface area contributed by atoms with Gasteiger partial charge < -0.3 is 10.5 Å². The van der Waals surface area contributed by atoms with Crippen LogP contribution in [-0.4, -0.2) is 33.5 Å². The molecule has 2 atom stereocenters. The van der Waals surface area contributed by atoms with E-state index < -0.39 is 0 Å². The SMILES string of the molecule is CC(C)n1ncnc1CC(N)CCC1CCCCO1. The predicted octanol–water partition coefficient (Wildman–Crippen LogP) is 2.08. The van der Waals surface area contributed by atoms with Crippen LogP contribution in [0.1, 0.15) is 57.8 Å². The first kappa shape index (κ1) is 14.5. The molecule has 5 nitrogen and oxygen atoms in total. The molecule has 0 aliphatic carbocycles. The topological polar surface area (TPSA) is 66.0 Å². The van der Waals surface area contributed by atoms with E-state index in [0.717, 1.165) is 31.7 Å². The largest absolute Gasteiger partial charge is 0.378 e. The Hall–Kier alpha value is -0.940. The number of hydrogen-bond donors (Lipinski definition) is 1. The van der Waals surface area contributed by atoms with Crippen LogP contribution in [0.15, 0.2) is 6.33 Å². The van der Waals surface area contributed by atoms with Gasteiger partial charge in [0.1, 0.15) is 12.2 Å². The zero-order chi connectivity index (χ0) is 13.7. The van der Waals surface area contributed by atoms with E-state index in [1.54, 1.807) is 6.33 Å². The Bertz CT molecular complexity index is 371. The van der Waals surface area contributed by atoms with Gasteiger partial charge in [-0.3, -0.25) is 0 Å². The molecule has 0 bridgehead atoms. The Labute approximate surface area is 115 Å². The summed E-state index contributed by atoms with van der Waals surface area (Å²) < 4.78 is 7.69. The Balaban J connectivity index is 1.77. The molecule has 0 spiro atoms. The molecule has 0 amide bonds. The number of rotatable bonds is 6. The summed E-state index contributed by atoms with van der Waals surface area (Å²) in [5, 5.41) is 4.24. The molecule has 2 rings (SSSR count). The van der Waals surface area contributed by atoms with Gasteiger partial charge in [-0.15, -0.1) is 0 Å². The van der Waals surface area contributed by atoms with Gasteiger partial charge in [0.25, 0.3) is 0 Å². The van der Waals surface area contributed by atoms with Crippen molar-refractivity contribution in [1.82, 2.24) is 14.8 Å². The lowest BCUT2D eigenvalue weighted by atomic mass is 10.0. The maximum Gasteiger partial charge on any atom is 0.138 e. The summed E-state index contributed by atoms with van der Waals surface area (Å²) in [7, 11) is 0. The van der Waals surface area contributed by atoms with Gasteiger partial charge in [-0.25, -0.2) is 9.67 Å². The summed E-state index contributed by atoms with van der Waals surface area (Å²) in [6.45, 7) is 5.14. The second-order valence-corrected chi connectivity index (χ2v) is 5.74. The van der Waals surface area contributed by atoms with E-state index >= 15 is 0 Å². The maximum absolute atomic E-state index is 6.21. The molecule has 1 aliphatic heterocycles. The molecule has 1 aromatic rings. The molecule has 1 saturated heterocycles. The molecule has 5 heteroatoms. The Morgan fingerprint density at radius 1 is 1.47 bits per heavy atom. The summed E-state index contributed by atoms with van der Waals surface area (Å²) in [6.07, 6.45) is 8.59. The van der Waals surface area contributed by atoms with Crippen LogP contribution in [0, 0.1) is 0 Å². The number of aromatic nitrogens is 3. The average molecular weight is 266 g/mol. The number of nitrogens with two attached hydrogens (primary N) is 1. The Morgan fingerprint density at radius 3 is 3.00 bits per heavy atom. The van der Waals surface area contributed by atoms with Gasteiger partial charge >= 0.3 is 0 Å². The van der Waals surface area contributed by atoms with E-state index in [1.807, 2.05) is 4.68 Å². The fourth-order valence-corrected chi connectivity index (χ4v) is 2.62. The molecular formula is C14H26N4O. The molecule has 19 heavy (non-hydrogen) atoms. The summed E-state index contributed by atoms with van der Waals surface area (Å²) in [5.74, 6) is 0.993. The predicted molar refractivity (Wildman–Crippen MR) is 74.9 cm³/mol.